The summed E-state index contributed by atoms with van der Waals surface area (Å²) >= 11 is 1.69. The fraction of sp³-hybridized carbons (Fsp3) is 0. The van der Waals surface area contributed by atoms with Crippen molar-refractivity contribution in [3.05, 3.63) is 71.8 Å². The molecule has 5 heterocycles. The van der Waals surface area contributed by atoms with Gasteiger partial charge in [0, 0.05) is 28.0 Å². The number of benzene rings is 1. The lowest BCUT2D eigenvalue weighted by atomic mass is 10.0. The standard InChI is InChI=1S/C23H15N5OS/c29-15-6-14(9-24-10-15)20-8-18-22(11-25-20)27-28-23(18)21-7-17-16(13-4-5-30-12-13)2-1-3-19(17)26-21/h1-12,26,29H,(H,27,28). The number of rotatable bonds is 3. The van der Waals surface area contributed by atoms with Crippen molar-refractivity contribution in [1.29, 1.82) is 0 Å². The molecule has 6 rings (SSSR count). The van der Waals surface area contributed by atoms with E-state index in [1.165, 1.54) is 17.3 Å². The van der Waals surface area contributed by atoms with Crippen molar-refractivity contribution in [2.45, 2.75) is 0 Å². The SMILES string of the molecule is Oc1cncc(-c2cc3c(-c4cc5c(-c6ccsc6)cccc5[nH]4)n[nH]c3cn2)c1. The molecule has 6 aromatic rings. The summed E-state index contributed by atoms with van der Waals surface area (Å²) in [5.41, 5.74) is 7.56. The number of H-pyrrole nitrogens is 2. The Labute approximate surface area is 174 Å². The zero-order valence-electron chi connectivity index (χ0n) is 15.6. The molecule has 3 N–H and O–H groups in total. The highest BCUT2D eigenvalue weighted by Gasteiger charge is 2.15. The molecule has 144 valence electrons. The van der Waals surface area contributed by atoms with Gasteiger partial charge in [-0.3, -0.25) is 15.1 Å². The first-order valence-electron chi connectivity index (χ1n) is 9.39. The highest BCUT2D eigenvalue weighted by atomic mass is 32.1. The summed E-state index contributed by atoms with van der Waals surface area (Å²) < 4.78 is 0. The van der Waals surface area contributed by atoms with Gasteiger partial charge in [-0.05, 0) is 52.2 Å². The molecule has 0 aliphatic heterocycles. The lowest BCUT2D eigenvalue weighted by molar-refractivity contribution is 0.473. The van der Waals surface area contributed by atoms with E-state index in [0.717, 1.165) is 44.5 Å². The monoisotopic (exact) mass is 409 g/mol. The third-order valence-electron chi connectivity index (χ3n) is 5.22. The Kier molecular flexibility index (Phi) is 3.69. The number of hydrogen-bond acceptors (Lipinski definition) is 5. The van der Waals surface area contributed by atoms with Crippen molar-refractivity contribution in [3.63, 3.8) is 0 Å². The van der Waals surface area contributed by atoms with Crippen molar-refractivity contribution >= 4 is 33.1 Å². The molecule has 30 heavy (non-hydrogen) atoms. The smallest absolute Gasteiger partial charge is 0.134 e. The van der Waals surface area contributed by atoms with E-state index < -0.39 is 0 Å². The van der Waals surface area contributed by atoms with Gasteiger partial charge in [0.15, 0.2) is 0 Å². The fourth-order valence-electron chi connectivity index (χ4n) is 3.80. The molecule has 0 amide bonds. The first kappa shape index (κ1) is 16.9. The topological polar surface area (TPSA) is 90.5 Å². The molecule has 6 nitrogen and oxygen atoms in total. The van der Waals surface area contributed by atoms with Crippen LogP contribution in [0.5, 0.6) is 5.75 Å². The second kappa shape index (κ2) is 6.53. The van der Waals surface area contributed by atoms with Crippen LogP contribution in [0.2, 0.25) is 0 Å². The number of fused-ring (bicyclic) bond motifs is 2. The van der Waals surface area contributed by atoms with Crippen molar-refractivity contribution < 1.29 is 5.11 Å². The molecule has 5 aromatic heterocycles. The maximum atomic E-state index is 9.75. The maximum Gasteiger partial charge on any atom is 0.134 e. The van der Waals surface area contributed by atoms with Crippen LogP contribution >= 0.6 is 11.3 Å². The van der Waals surface area contributed by atoms with Gasteiger partial charge in [-0.2, -0.15) is 16.4 Å². The van der Waals surface area contributed by atoms with Crippen molar-refractivity contribution in [1.82, 2.24) is 25.1 Å². The van der Waals surface area contributed by atoms with Gasteiger partial charge in [0.05, 0.1) is 29.3 Å². The number of nitrogens with one attached hydrogen (secondary N) is 2. The molecule has 0 aliphatic rings. The van der Waals surface area contributed by atoms with Gasteiger partial charge in [-0.25, -0.2) is 0 Å². The number of aromatic nitrogens is 5. The van der Waals surface area contributed by atoms with Crippen LogP contribution in [0.25, 0.3) is 55.6 Å². The summed E-state index contributed by atoms with van der Waals surface area (Å²) in [7, 11) is 0. The van der Waals surface area contributed by atoms with Gasteiger partial charge in [0.25, 0.3) is 0 Å². The minimum Gasteiger partial charge on any atom is -0.506 e. The van der Waals surface area contributed by atoms with E-state index in [-0.39, 0.29) is 5.75 Å². The summed E-state index contributed by atoms with van der Waals surface area (Å²) in [6.45, 7) is 0. The first-order valence-corrected chi connectivity index (χ1v) is 10.3. The van der Waals surface area contributed by atoms with E-state index >= 15 is 0 Å². The van der Waals surface area contributed by atoms with Gasteiger partial charge in [-0.1, -0.05) is 12.1 Å². The quantitative estimate of drug-likeness (QED) is 0.355. The summed E-state index contributed by atoms with van der Waals surface area (Å²) in [6, 6.07) is 14.2. The molecular weight excluding hydrogens is 394 g/mol. The van der Waals surface area contributed by atoms with E-state index in [2.05, 4.69) is 66.2 Å². The Bertz CT molecular complexity index is 1510. The van der Waals surface area contributed by atoms with E-state index in [1.54, 1.807) is 29.8 Å². The molecule has 0 saturated heterocycles. The number of nitrogens with zero attached hydrogens (tertiary/aromatic N) is 3. The van der Waals surface area contributed by atoms with Gasteiger partial charge >= 0.3 is 0 Å². The number of thiophene rings is 1. The molecule has 0 bridgehead atoms. The summed E-state index contributed by atoms with van der Waals surface area (Å²) in [5.74, 6) is 0.110. The van der Waals surface area contributed by atoms with Crippen LogP contribution in [-0.2, 0) is 0 Å². The Hall–Kier alpha value is -3.97. The first-order chi connectivity index (χ1) is 14.8. The molecule has 0 atom stereocenters. The number of aromatic hydroxyl groups is 1. The molecule has 0 aliphatic carbocycles. The summed E-state index contributed by atoms with van der Waals surface area (Å²) in [4.78, 5) is 12.0. The second-order valence-electron chi connectivity index (χ2n) is 7.08. The molecule has 1 aromatic carbocycles. The minimum absolute atomic E-state index is 0.110. The molecule has 0 spiro atoms. The summed E-state index contributed by atoms with van der Waals surface area (Å²) in [5, 5.41) is 23.7. The molecule has 0 radical (unpaired) electrons. The van der Waals surface area contributed by atoms with E-state index in [4.69, 9.17) is 0 Å². The van der Waals surface area contributed by atoms with E-state index in [9.17, 15) is 5.11 Å². The zero-order valence-corrected chi connectivity index (χ0v) is 16.4. The summed E-state index contributed by atoms with van der Waals surface area (Å²) in [6.07, 6.45) is 4.84. The number of pyridine rings is 2. The van der Waals surface area contributed by atoms with Crippen LogP contribution in [0.3, 0.4) is 0 Å². The van der Waals surface area contributed by atoms with Crippen molar-refractivity contribution in [3.8, 4) is 39.5 Å². The molecule has 0 fully saturated rings. The lowest BCUT2D eigenvalue weighted by Crippen LogP contribution is -1.85. The van der Waals surface area contributed by atoms with Crippen LogP contribution in [0.4, 0.5) is 0 Å². The Balaban J connectivity index is 1.52. The van der Waals surface area contributed by atoms with Crippen molar-refractivity contribution in [2.24, 2.45) is 0 Å². The molecule has 7 heteroatoms. The normalized spacial score (nSPS) is 11.5. The van der Waals surface area contributed by atoms with Gasteiger partial charge < -0.3 is 10.1 Å². The predicted octanol–water partition coefficient (Wildman–Crippen LogP) is 5.60. The van der Waals surface area contributed by atoms with Gasteiger partial charge in [-0.15, -0.1) is 0 Å². The van der Waals surface area contributed by atoms with E-state index in [0.29, 0.717) is 0 Å². The Morgan fingerprint density at radius 3 is 2.73 bits per heavy atom. The fourth-order valence-corrected chi connectivity index (χ4v) is 4.46. The zero-order chi connectivity index (χ0) is 20.1. The molecular formula is C23H15N5OS. The third-order valence-corrected chi connectivity index (χ3v) is 5.90. The molecule has 0 saturated carbocycles. The minimum atomic E-state index is 0.110. The highest BCUT2D eigenvalue weighted by Crippen LogP contribution is 2.35. The largest absolute Gasteiger partial charge is 0.506 e. The van der Waals surface area contributed by atoms with Crippen LogP contribution in [0.1, 0.15) is 0 Å². The van der Waals surface area contributed by atoms with Crippen LogP contribution in [-0.4, -0.2) is 30.3 Å². The lowest BCUT2D eigenvalue weighted by Gasteiger charge is -2.01. The second-order valence-corrected chi connectivity index (χ2v) is 7.86. The number of aromatic amines is 2. The number of hydrogen-bond donors (Lipinski definition) is 3. The average Bonchev–Trinajstić information content (AvgIpc) is 3.51. The Morgan fingerprint density at radius 1 is 0.900 bits per heavy atom. The maximum absolute atomic E-state index is 9.75. The predicted molar refractivity (Wildman–Crippen MR) is 119 cm³/mol. The highest BCUT2D eigenvalue weighted by molar-refractivity contribution is 7.08. The Morgan fingerprint density at radius 2 is 1.87 bits per heavy atom. The molecule has 0 unspecified atom stereocenters. The van der Waals surface area contributed by atoms with E-state index in [1.807, 2.05) is 6.07 Å². The van der Waals surface area contributed by atoms with Crippen LogP contribution in [0.15, 0.2) is 71.8 Å². The third kappa shape index (κ3) is 2.67. The van der Waals surface area contributed by atoms with Gasteiger partial charge in [0.1, 0.15) is 11.4 Å². The van der Waals surface area contributed by atoms with Gasteiger partial charge in [0.2, 0.25) is 0 Å². The van der Waals surface area contributed by atoms with Crippen LogP contribution in [0, 0.1) is 0 Å². The van der Waals surface area contributed by atoms with Crippen molar-refractivity contribution in [2.75, 3.05) is 0 Å². The van der Waals surface area contributed by atoms with Crippen LogP contribution < -0.4 is 0 Å². The average molecular weight is 409 g/mol.